The van der Waals surface area contributed by atoms with Gasteiger partial charge < -0.3 is 4.74 Å². The minimum absolute atomic E-state index is 0.618. The Morgan fingerprint density at radius 3 is 2.05 bits per heavy atom. The summed E-state index contributed by atoms with van der Waals surface area (Å²) in [5.41, 5.74) is -8.16. The summed E-state index contributed by atoms with van der Waals surface area (Å²) < 4.78 is 96.9. The van der Waals surface area contributed by atoms with E-state index in [-0.39, 0.29) is 0 Å². The Hall–Kier alpha value is -1.28. The number of rotatable bonds is 2. The summed E-state index contributed by atoms with van der Waals surface area (Å²) in [4.78, 5) is 10.8. The van der Waals surface area contributed by atoms with Gasteiger partial charge in [-0.1, -0.05) is 6.58 Å². The van der Waals surface area contributed by atoms with Crippen LogP contribution in [0.2, 0.25) is 0 Å². The second-order valence-corrected chi connectivity index (χ2v) is 4.93. The van der Waals surface area contributed by atoms with Gasteiger partial charge in [0, 0.05) is 6.42 Å². The normalized spacial score (nSPS) is 41.2. The third-order valence-electron chi connectivity index (χ3n) is 3.83. The van der Waals surface area contributed by atoms with Gasteiger partial charge in [-0.25, -0.2) is 13.6 Å². The molecule has 20 heavy (non-hydrogen) atoms. The Bertz CT molecular complexity index is 477. The molecule has 0 radical (unpaired) electrons. The summed E-state index contributed by atoms with van der Waals surface area (Å²) in [5.74, 6) is -13.5. The van der Waals surface area contributed by atoms with Crippen molar-refractivity contribution in [2.75, 3.05) is 0 Å². The number of fused-ring (bicyclic) bond motifs is 1. The molecule has 2 nitrogen and oxygen atoms in total. The molecule has 0 heterocycles. The molecule has 9 heteroatoms. The average molecular weight is 306 g/mol. The summed E-state index contributed by atoms with van der Waals surface area (Å²) in [7, 11) is 0. The van der Waals surface area contributed by atoms with Crippen LogP contribution in [0.1, 0.15) is 19.3 Å². The van der Waals surface area contributed by atoms with E-state index in [4.69, 9.17) is 0 Å². The van der Waals surface area contributed by atoms with E-state index in [0.29, 0.717) is 0 Å². The van der Waals surface area contributed by atoms with E-state index in [1.165, 1.54) is 0 Å². The predicted molar refractivity (Wildman–Crippen MR) is 51.6 cm³/mol. The highest BCUT2D eigenvalue weighted by Gasteiger charge is 2.98. The summed E-state index contributed by atoms with van der Waals surface area (Å²) >= 11 is 0. The number of ether oxygens (including phenoxy) is 1. The molecule has 114 valence electrons. The zero-order chi connectivity index (χ0) is 15.6. The number of esters is 1. The lowest BCUT2D eigenvalue weighted by Crippen LogP contribution is -2.87. The van der Waals surface area contributed by atoms with Crippen LogP contribution in [0.4, 0.5) is 30.7 Å². The van der Waals surface area contributed by atoms with Crippen molar-refractivity contribution >= 4 is 5.97 Å². The monoisotopic (exact) mass is 306 g/mol. The minimum Gasteiger partial charge on any atom is -0.457 e. The maximum Gasteiger partial charge on any atom is 0.366 e. The van der Waals surface area contributed by atoms with Crippen molar-refractivity contribution in [1.29, 1.82) is 0 Å². The molecule has 0 saturated heterocycles. The first-order valence-electron chi connectivity index (χ1n) is 5.59. The zero-order valence-electron chi connectivity index (χ0n) is 9.87. The van der Waals surface area contributed by atoms with Gasteiger partial charge >= 0.3 is 17.8 Å². The van der Waals surface area contributed by atoms with E-state index >= 15 is 0 Å². The lowest BCUT2D eigenvalue weighted by Gasteiger charge is -2.61. The van der Waals surface area contributed by atoms with Gasteiger partial charge in [0.25, 0.3) is 0 Å². The Morgan fingerprint density at radius 1 is 1.05 bits per heavy atom. The molecule has 0 spiro atoms. The second-order valence-electron chi connectivity index (χ2n) is 4.93. The van der Waals surface area contributed by atoms with Crippen LogP contribution in [-0.2, 0) is 9.53 Å². The maximum absolute atomic E-state index is 14.0. The van der Waals surface area contributed by atoms with Crippen molar-refractivity contribution in [1.82, 2.24) is 0 Å². The average Bonchev–Trinajstić information content (AvgIpc) is 2.32. The molecule has 2 aliphatic carbocycles. The molecule has 0 aromatic heterocycles. The minimum atomic E-state index is -5.22. The van der Waals surface area contributed by atoms with Crippen LogP contribution in [0.5, 0.6) is 0 Å². The lowest BCUT2D eigenvalue weighted by molar-refractivity contribution is -0.449. The highest BCUT2D eigenvalue weighted by Crippen LogP contribution is 2.72. The number of alkyl halides is 6. The molecule has 0 amide bonds. The van der Waals surface area contributed by atoms with Gasteiger partial charge in [0.1, 0.15) is 6.10 Å². The predicted octanol–water partition coefficient (Wildman–Crippen LogP) is 3.27. The van der Waals surface area contributed by atoms with E-state index < -0.39 is 60.3 Å². The first-order valence-corrected chi connectivity index (χ1v) is 5.59. The smallest absolute Gasteiger partial charge is 0.366 e. The van der Waals surface area contributed by atoms with Crippen LogP contribution in [0.3, 0.4) is 0 Å². The molecular weight excluding hydrogens is 297 g/mol. The molecule has 2 fully saturated rings. The van der Waals surface area contributed by atoms with E-state index in [0.717, 1.165) is 0 Å². The number of hydrogen-bond acceptors (Lipinski definition) is 2. The SMILES string of the molecule is C=C(F)C(=O)OC1CCC2(F)C(F)(F)C(F)(F)C2(F)C1. The third-order valence-corrected chi connectivity index (χ3v) is 3.83. The van der Waals surface area contributed by atoms with Crippen LogP contribution >= 0.6 is 0 Å². The molecule has 0 bridgehead atoms. The first kappa shape index (κ1) is 15.1. The molecule has 0 aromatic carbocycles. The standard InChI is InChI=1S/C11H9F7O2/c1-5(12)7(19)20-6-2-3-8(13)9(14,4-6)11(17,18)10(8,15)16/h6H,1-4H2. The highest BCUT2D eigenvalue weighted by atomic mass is 19.3. The Kier molecular flexibility index (Phi) is 2.93. The van der Waals surface area contributed by atoms with Gasteiger partial charge in [-0.3, -0.25) is 0 Å². The van der Waals surface area contributed by atoms with Crippen LogP contribution < -0.4 is 0 Å². The fourth-order valence-electron chi connectivity index (χ4n) is 2.67. The van der Waals surface area contributed by atoms with Gasteiger partial charge in [0.05, 0.1) is 0 Å². The molecule has 2 rings (SSSR count). The Labute approximate surface area is 108 Å². The Morgan fingerprint density at radius 2 is 1.55 bits per heavy atom. The van der Waals surface area contributed by atoms with E-state index in [1.54, 1.807) is 0 Å². The van der Waals surface area contributed by atoms with Gasteiger partial charge in [-0.05, 0) is 12.8 Å². The molecule has 0 aliphatic heterocycles. The largest absolute Gasteiger partial charge is 0.457 e. The van der Waals surface area contributed by atoms with Crippen molar-refractivity contribution in [3.05, 3.63) is 12.4 Å². The molecule has 0 aromatic rings. The van der Waals surface area contributed by atoms with E-state index in [9.17, 15) is 35.5 Å². The third kappa shape index (κ3) is 1.43. The van der Waals surface area contributed by atoms with E-state index in [2.05, 4.69) is 11.3 Å². The maximum atomic E-state index is 14.0. The second kappa shape index (κ2) is 3.88. The molecular formula is C11H9F7O2. The van der Waals surface area contributed by atoms with E-state index in [1.807, 2.05) is 0 Å². The van der Waals surface area contributed by atoms with Crippen molar-refractivity contribution in [2.45, 2.75) is 48.5 Å². The topological polar surface area (TPSA) is 26.3 Å². The van der Waals surface area contributed by atoms with Crippen molar-refractivity contribution in [3.63, 3.8) is 0 Å². The first-order chi connectivity index (χ1) is 8.91. The van der Waals surface area contributed by atoms with Gasteiger partial charge in [-0.15, -0.1) is 0 Å². The van der Waals surface area contributed by atoms with Crippen molar-refractivity contribution in [3.8, 4) is 0 Å². The van der Waals surface area contributed by atoms with Crippen LogP contribution in [-0.4, -0.2) is 35.3 Å². The number of carbonyl (C=O) groups is 1. The number of hydrogen-bond donors (Lipinski definition) is 0. The molecule has 0 N–H and O–H groups in total. The van der Waals surface area contributed by atoms with Crippen molar-refractivity contribution < 1.29 is 40.3 Å². The van der Waals surface area contributed by atoms with Crippen LogP contribution in [0.15, 0.2) is 12.4 Å². The quantitative estimate of drug-likeness (QED) is 0.445. The lowest BCUT2D eigenvalue weighted by atomic mass is 9.54. The van der Waals surface area contributed by atoms with Crippen molar-refractivity contribution in [2.24, 2.45) is 0 Å². The Balaban J connectivity index is 2.21. The summed E-state index contributed by atoms with van der Waals surface area (Å²) in [5, 5.41) is 0. The highest BCUT2D eigenvalue weighted by molar-refractivity contribution is 5.85. The van der Waals surface area contributed by atoms with Crippen LogP contribution in [0.25, 0.3) is 0 Å². The molecule has 2 saturated carbocycles. The van der Waals surface area contributed by atoms with Gasteiger partial charge in [0.2, 0.25) is 17.2 Å². The summed E-state index contributed by atoms with van der Waals surface area (Å²) in [6.07, 6.45) is -4.97. The molecule has 2 aliphatic rings. The molecule has 3 atom stereocenters. The molecule has 3 unspecified atom stereocenters. The number of halogens is 7. The zero-order valence-corrected chi connectivity index (χ0v) is 9.87. The number of carbonyl (C=O) groups excluding carboxylic acids is 1. The summed E-state index contributed by atoms with van der Waals surface area (Å²) in [6, 6.07) is 0. The van der Waals surface area contributed by atoms with Gasteiger partial charge in [-0.2, -0.15) is 22.0 Å². The summed E-state index contributed by atoms with van der Waals surface area (Å²) in [6.45, 7) is 2.57. The fourth-order valence-corrected chi connectivity index (χ4v) is 2.67. The van der Waals surface area contributed by atoms with Gasteiger partial charge in [0.15, 0.2) is 0 Å². The fraction of sp³-hybridized carbons (Fsp3) is 0.727. The van der Waals surface area contributed by atoms with Crippen LogP contribution in [0, 0.1) is 0 Å².